The average molecular weight is 445 g/mol. The smallest absolute Gasteiger partial charge is 0.450 e. The van der Waals surface area contributed by atoms with Gasteiger partial charge in [-0.2, -0.15) is 13.2 Å². The third-order valence-electron chi connectivity index (χ3n) is 4.79. The van der Waals surface area contributed by atoms with Gasteiger partial charge >= 0.3 is 6.18 Å². The van der Waals surface area contributed by atoms with E-state index in [1.165, 1.54) is 36.4 Å². The summed E-state index contributed by atoms with van der Waals surface area (Å²) in [5.41, 5.74) is 0.328. The van der Waals surface area contributed by atoms with Crippen molar-refractivity contribution in [2.45, 2.75) is 19.7 Å². The van der Waals surface area contributed by atoms with E-state index in [4.69, 9.17) is 20.8 Å². The number of fused-ring (bicyclic) bond motifs is 1. The number of hydrogen-bond acceptors (Lipinski definition) is 3. The maximum absolute atomic E-state index is 13.8. The maximum atomic E-state index is 13.8. The van der Waals surface area contributed by atoms with Crippen LogP contribution in [0.25, 0.3) is 22.1 Å². The normalized spacial score (nSPS) is 11.6. The Kier molecular flexibility index (Phi) is 5.50. The van der Waals surface area contributed by atoms with Crippen molar-refractivity contribution in [3.63, 3.8) is 0 Å². The summed E-state index contributed by atoms with van der Waals surface area (Å²) >= 11 is 6.07. The fraction of sp³-hybridized carbons (Fsp3) is 0.125. The molecule has 0 aliphatic heterocycles. The molecule has 0 fully saturated rings. The van der Waals surface area contributed by atoms with Gasteiger partial charge in [-0.15, -0.1) is 0 Å². The van der Waals surface area contributed by atoms with E-state index in [1.54, 1.807) is 6.07 Å². The molecule has 158 valence electrons. The molecular formula is C24H16ClF3O3. The van der Waals surface area contributed by atoms with E-state index in [-0.39, 0.29) is 33.9 Å². The zero-order valence-corrected chi connectivity index (χ0v) is 17.1. The van der Waals surface area contributed by atoms with Gasteiger partial charge in [0, 0.05) is 16.7 Å². The van der Waals surface area contributed by atoms with Gasteiger partial charge in [-0.1, -0.05) is 59.6 Å². The molecule has 0 bridgehead atoms. The number of halogens is 4. The lowest BCUT2D eigenvalue weighted by molar-refractivity contribution is -0.152. The number of rotatable bonds is 4. The second-order valence-corrected chi connectivity index (χ2v) is 7.45. The quantitative estimate of drug-likeness (QED) is 0.339. The van der Waals surface area contributed by atoms with E-state index < -0.39 is 22.9 Å². The molecule has 7 heteroatoms. The van der Waals surface area contributed by atoms with Crippen LogP contribution in [0.3, 0.4) is 0 Å². The Morgan fingerprint density at radius 1 is 1.00 bits per heavy atom. The summed E-state index contributed by atoms with van der Waals surface area (Å²) in [6, 6.07) is 17.7. The van der Waals surface area contributed by atoms with Gasteiger partial charge < -0.3 is 9.15 Å². The molecule has 4 aromatic rings. The second-order valence-electron chi connectivity index (χ2n) is 7.05. The van der Waals surface area contributed by atoms with Gasteiger partial charge in [-0.3, -0.25) is 4.79 Å². The van der Waals surface area contributed by atoms with Gasteiger partial charge in [-0.05, 0) is 30.7 Å². The molecule has 3 aromatic carbocycles. The molecule has 0 aliphatic carbocycles. The van der Waals surface area contributed by atoms with E-state index in [9.17, 15) is 18.0 Å². The fourth-order valence-electron chi connectivity index (χ4n) is 3.22. The van der Waals surface area contributed by atoms with E-state index in [0.29, 0.717) is 0 Å². The largest absolute Gasteiger partial charge is 0.489 e. The molecule has 0 N–H and O–H groups in total. The molecule has 0 aliphatic rings. The Morgan fingerprint density at radius 2 is 1.71 bits per heavy atom. The minimum absolute atomic E-state index is 0.00519. The molecular weight excluding hydrogens is 429 g/mol. The van der Waals surface area contributed by atoms with Gasteiger partial charge in [0.15, 0.2) is 0 Å². The predicted molar refractivity (Wildman–Crippen MR) is 113 cm³/mol. The number of hydrogen-bond donors (Lipinski definition) is 0. The van der Waals surface area contributed by atoms with Gasteiger partial charge in [0.2, 0.25) is 11.2 Å². The van der Waals surface area contributed by atoms with E-state index in [1.807, 2.05) is 31.2 Å². The van der Waals surface area contributed by atoms with Crippen LogP contribution in [0, 0.1) is 6.92 Å². The summed E-state index contributed by atoms with van der Waals surface area (Å²) in [5, 5.41) is 0.0308. The van der Waals surface area contributed by atoms with Crippen LogP contribution in [0.15, 0.2) is 75.9 Å². The van der Waals surface area contributed by atoms with Crippen molar-refractivity contribution < 1.29 is 22.3 Å². The highest BCUT2D eigenvalue weighted by Crippen LogP contribution is 2.39. The Morgan fingerprint density at radius 3 is 2.39 bits per heavy atom. The summed E-state index contributed by atoms with van der Waals surface area (Å²) in [7, 11) is 0. The molecule has 0 saturated heterocycles. The van der Waals surface area contributed by atoms with Gasteiger partial charge in [0.05, 0.1) is 10.9 Å². The van der Waals surface area contributed by atoms with Crippen molar-refractivity contribution in [3.8, 4) is 16.9 Å². The number of alkyl halides is 3. The van der Waals surface area contributed by atoms with E-state index in [0.717, 1.165) is 11.1 Å². The lowest BCUT2D eigenvalue weighted by Gasteiger charge is -2.14. The van der Waals surface area contributed by atoms with Crippen LogP contribution in [0.2, 0.25) is 5.02 Å². The SMILES string of the molecule is Cc1ccc(COc2ccc3c(=O)c(-c4ccccc4Cl)c(C(F)(F)F)oc3c2)cc1. The van der Waals surface area contributed by atoms with Crippen LogP contribution in [-0.2, 0) is 12.8 Å². The number of ether oxygens (including phenoxy) is 1. The van der Waals surface area contributed by atoms with Crippen molar-refractivity contribution in [1.82, 2.24) is 0 Å². The first kappa shape index (κ1) is 21.0. The minimum atomic E-state index is -4.89. The highest BCUT2D eigenvalue weighted by Gasteiger charge is 2.39. The van der Waals surface area contributed by atoms with Crippen molar-refractivity contribution in [2.75, 3.05) is 0 Å². The van der Waals surface area contributed by atoms with Crippen molar-refractivity contribution in [2.24, 2.45) is 0 Å². The Balaban J connectivity index is 1.80. The highest BCUT2D eigenvalue weighted by molar-refractivity contribution is 6.33. The summed E-state index contributed by atoms with van der Waals surface area (Å²) in [4.78, 5) is 13.0. The van der Waals surface area contributed by atoms with Gasteiger partial charge in [0.25, 0.3) is 0 Å². The fourth-order valence-corrected chi connectivity index (χ4v) is 3.45. The first-order valence-electron chi connectivity index (χ1n) is 9.35. The molecule has 1 aromatic heterocycles. The van der Waals surface area contributed by atoms with Crippen molar-refractivity contribution in [3.05, 3.63) is 98.9 Å². The Labute approximate surface area is 180 Å². The molecule has 0 saturated carbocycles. The summed E-state index contributed by atoms with van der Waals surface area (Å²) in [6.45, 7) is 2.19. The molecule has 0 unspecified atom stereocenters. The van der Waals surface area contributed by atoms with Gasteiger partial charge in [0.1, 0.15) is 17.9 Å². The van der Waals surface area contributed by atoms with Crippen LogP contribution in [0.4, 0.5) is 13.2 Å². The van der Waals surface area contributed by atoms with Crippen LogP contribution < -0.4 is 10.2 Å². The molecule has 31 heavy (non-hydrogen) atoms. The minimum Gasteiger partial charge on any atom is -0.489 e. The van der Waals surface area contributed by atoms with Crippen LogP contribution in [0.1, 0.15) is 16.9 Å². The average Bonchev–Trinajstić information content (AvgIpc) is 2.73. The zero-order chi connectivity index (χ0) is 22.2. The van der Waals surface area contributed by atoms with Gasteiger partial charge in [-0.25, -0.2) is 0 Å². The highest BCUT2D eigenvalue weighted by atomic mass is 35.5. The van der Waals surface area contributed by atoms with Crippen molar-refractivity contribution >= 4 is 22.6 Å². The Hall–Kier alpha value is -3.25. The maximum Gasteiger partial charge on any atom is 0.450 e. The number of benzene rings is 3. The Bertz CT molecular complexity index is 1310. The lowest BCUT2D eigenvalue weighted by Crippen LogP contribution is -2.16. The first-order chi connectivity index (χ1) is 14.7. The third-order valence-corrected chi connectivity index (χ3v) is 5.12. The summed E-state index contributed by atoms with van der Waals surface area (Å²) < 4.78 is 52.2. The van der Waals surface area contributed by atoms with E-state index >= 15 is 0 Å². The van der Waals surface area contributed by atoms with Crippen LogP contribution in [0.5, 0.6) is 5.75 Å². The monoisotopic (exact) mass is 444 g/mol. The summed E-state index contributed by atoms with van der Waals surface area (Å²) in [5.74, 6) is -1.11. The topological polar surface area (TPSA) is 39.4 Å². The van der Waals surface area contributed by atoms with Crippen LogP contribution in [-0.4, -0.2) is 0 Å². The van der Waals surface area contributed by atoms with Crippen LogP contribution >= 0.6 is 11.6 Å². The molecule has 0 spiro atoms. The lowest BCUT2D eigenvalue weighted by atomic mass is 10.0. The third kappa shape index (κ3) is 4.30. The molecule has 0 atom stereocenters. The summed E-state index contributed by atoms with van der Waals surface area (Å²) in [6.07, 6.45) is -4.89. The van der Waals surface area contributed by atoms with Crippen molar-refractivity contribution in [1.29, 1.82) is 0 Å². The van der Waals surface area contributed by atoms with E-state index in [2.05, 4.69) is 0 Å². The zero-order valence-electron chi connectivity index (χ0n) is 16.3. The molecule has 4 rings (SSSR count). The predicted octanol–water partition coefficient (Wildman–Crippen LogP) is 7.02. The molecule has 0 amide bonds. The molecule has 3 nitrogen and oxygen atoms in total. The second kappa shape index (κ2) is 8.12. The molecule has 0 radical (unpaired) electrons. The standard InChI is InChI=1S/C24H16ClF3O3/c1-14-6-8-15(9-7-14)13-30-16-10-11-18-20(12-16)31-23(24(26,27)28)21(22(18)29)17-4-2-3-5-19(17)25/h2-12H,13H2,1H3. The first-order valence-corrected chi connectivity index (χ1v) is 9.73. The number of aryl methyl sites for hydroxylation is 1. The molecule has 1 heterocycles.